The molecule has 3 rings (SSSR count). The monoisotopic (exact) mass is 337 g/mol. The second-order valence-corrected chi connectivity index (χ2v) is 7.16. The molecule has 0 spiro atoms. The van der Waals surface area contributed by atoms with Gasteiger partial charge in [0, 0.05) is 30.8 Å². The standard InChI is InChI=1S/C22H29N2O/c1-5-18(6-2)19-11-13-23(14-12-19)17(4)22(25)24-16(3)15-20-9-7-8-10-21(20)24/h7-14,16-18H,5-6,15H2,1-4H3/q+1/t16-,17+/m1/s1. The highest BCUT2D eigenvalue weighted by atomic mass is 16.2. The van der Waals surface area contributed by atoms with Gasteiger partial charge in [0.1, 0.15) is 0 Å². The maximum absolute atomic E-state index is 13.2. The van der Waals surface area contributed by atoms with Gasteiger partial charge < -0.3 is 4.90 Å². The first-order chi connectivity index (χ1) is 12.1. The van der Waals surface area contributed by atoms with Crippen LogP contribution in [-0.4, -0.2) is 11.9 Å². The van der Waals surface area contributed by atoms with Crippen LogP contribution >= 0.6 is 0 Å². The molecule has 0 bridgehead atoms. The zero-order valence-electron chi connectivity index (χ0n) is 15.8. The van der Waals surface area contributed by atoms with Crippen LogP contribution in [0.1, 0.15) is 63.6 Å². The van der Waals surface area contributed by atoms with Gasteiger partial charge in [-0.25, -0.2) is 0 Å². The van der Waals surface area contributed by atoms with E-state index in [0.717, 1.165) is 24.9 Å². The van der Waals surface area contributed by atoms with Crippen molar-refractivity contribution in [2.45, 2.75) is 65.0 Å². The quantitative estimate of drug-likeness (QED) is 0.741. The number of benzene rings is 1. The number of amides is 1. The summed E-state index contributed by atoms with van der Waals surface area (Å²) in [6.45, 7) is 8.58. The maximum Gasteiger partial charge on any atom is 0.296 e. The van der Waals surface area contributed by atoms with Crippen LogP contribution < -0.4 is 9.47 Å². The van der Waals surface area contributed by atoms with E-state index < -0.39 is 0 Å². The summed E-state index contributed by atoms with van der Waals surface area (Å²) in [6.07, 6.45) is 7.35. The first-order valence-electron chi connectivity index (χ1n) is 9.48. The molecule has 0 saturated heterocycles. The summed E-state index contributed by atoms with van der Waals surface area (Å²) in [7, 11) is 0. The van der Waals surface area contributed by atoms with Crippen LogP contribution in [0.2, 0.25) is 0 Å². The Morgan fingerprint density at radius 3 is 2.44 bits per heavy atom. The number of nitrogens with zero attached hydrogens (tertiary/aromatic N) is 2. The van der Waals surface area contributed by atoms with Crippen LogP contribution in [0, 0.1) is 0 Å². The van der Waals surface area contributed by atoms with Gasteiger partial charge in [-0.2, -0.15) is 4.57 Å². The fourth-order valence-corrected chi connectivity index (χ4v) is 3.97. The minimum Gasteiger partial charge on any atom is -0.303 e. The highest BCUT2D eigenvalue weighted by Crippen LogP contribution is 2.33. The lowest BCUT2D eigenvalue weighted by atomic mass is 9.95. The maximum atomic E-state index is 13.2. The molecule has 1 amide bonds. The summed E-state index contributed by atoms with van der Waals surface area (Å²) < 4.78 is 2.03. The van der Waals surface area contributed by atoms with Crippen LogP contribution in [0.5, 0.6) is 0 Å². The number of aromatic nitrogens is 1. The Kier molecular flexibility index (Phi) is 5.22. The van der Waals surface area contributed by atoms with E-state index in [9.17, 15) is 4.79 Å². The molecule has 2 heterocycles. The zero-order valence-corrected chi connectivity index (χ0v) is 15.8. The molecule has 2 atom stereocenters. The molecule has 0 aliphatic carbocycles. The van der Waals surface area contributed by atoms with Crippen molar-refractivity contribution in [2.24, 2.45) is 0 Å². The smallest absolute Gasteiger partial charge is 0.296 e. The van der Waals surface area contributed by atoms with Crippen LogP contribution in [-0.2, 0) is 11.2 Å². The average Bonchev–Trinajstić information content (AvgIpc) is 2.98. The van der Waals surface area contributed by atoms with Crippen molar-refractivity contribution in [3.05, 3.63) is 59.9 Å². The van der Waals surface area contributed by atoms with Crippen LogP contribution in [0.4, 0.5) is 5.69 Å². The molecule has 0 N–H and O–H groups in total. The molecule has 3 heteroatoms. The van der Waals surface area contributed by atoms with Crippen LogP contribution in [0.15, 0.2) is 48.8 Å². The summed E-state index contributed by atoms with van der Waals surface area (Å²) in [4.78, 5) is 15.1. The fraction of sp³-hybridized carbons (Fsp3) is 0.455. The van der Waals surface area contributed by atoms with E-state index in [1.165, 1.54) is 11.1 Å². The number of anilines is 1. The Morgan fingerprint density at radius 2 is 1.80 bits per heavy atom. The Morgan fingerprint density at radius 1 is 1.16 bits per heavy atom. The first-order valence-corrected chi connectivity index (χ1v) is 9.48. The van der Waals surface area contributed by atoms with Gasteiger partial charge in [0.2, 0.25) is 6.04 Å². The SMILES string of the molecule is CCC(CC)c1cc[n+]([C@@H](C)C(=O)N2c3ccccc3C[C@H]2C)cc1. The van der Waals surface area contributed by atoms with Gasteiger partial charge in [-0.3, -0.25) is 4.79 Å². The van der Waals surface area contributed by atoms with Crippen molar-refractivity contribution >= 4 is 11.6 Å². The van der Waals surface area contributed by atoms with Gasteiger partial charge in [-0.05, 0) is 49.3 Å². The van der Waals surface area contributed by atoms with Gasteiger partial charge in [-0.15, -0.1) is 0 Å². The van der Waals surface area contributed by atoms with Gasteiger partial charge >= 0.3 is 0 Å². The lowest BCUT2D eigenvalue weighted by Gasteiger charge is -2.24. The molecule has 0 unspecified atom stereocenters. The number of hydrogen-bond acceptors (Lipinski definition) is 1. The number of rotatable bonds is 5. The molecule has 0 radical (unpaired) electrons. The van der Waals surface area contributed by atoms with E-state index in [-0.39, 0.29) is 18.0 Å². The third-order valence-electron chi connectivity index (χ3n) is 5.58. The van der Waals surface area contributed by atoms with E-state index in [2.05, 4.69) is 57.4 Å². The molecule has 0 fully saturated rings. The van der Waals surface area contributed by atoms with E-state index in [0.29, 0.717) is 5.92 Å². The topological polar surface area (TPSA) is 24.2 Å². The lowest BCUT2D eigenvalue weighted by Crippen LogP contribution is -2.49. The fourth-order valence-electron chi connectivity index (χ4n) is 3.97. The Labute approximate surface area is 151 Å². The number of pyridine rings is 1. The Bertz CT molecular complexity index is 734. The summed E-state index contributed by atoms with van der Waals surface area (Å²) >= 11 is 0. The van der Waals surface area contributed by atoms with Crippen LogP contribution in [0.25, 0.3) is 0 Å². The number of fused-ring (bicyclic) bond motifs is 1. The molecule has 1 aliphatic rings. The summed E-state index contributed by atoms with van der Waals surface area (Å²) in [5.41, 5.74) is 3.70. The number of hydrogen-bond donors (Lipinski definition) is 0. The first kappa shape index (κ1) is 17.7. The normalized spacial score (nSPS) is 17.6. The largest absolute Gasteiger partial charge is 0.303 e. The third-order valence-corrected chi connectivity index (χ3v) is 5.58. The van der Waals surface area contributed by atoms with E-state index in [1.54, 1.807) is 0 Å². The van der Waals surface area contributed by atoms with Gasteiger partial charge in [0.25, 0.3) is 5.91 Å². The van der Waals surface area contributed by atoms with Crippen molar-refractivity contribution < 1.29 is 9.36 Å². The molecule has 132 valence electrons. The molecule has 25 heavy (non-hydrogen) atoms. The van der Waals surface area contributed by atoms with E-state index >= 15 is 0 Å². The summed E-state index contributed by atoms with van der Waals surface area (Å²) in [5.74, 6) is 0.767. The highest BCUT2D eigenvalue weighted by Gasteiger charge is 2.36. The Hall–Kier alpha value is -2.16. The predicted octanol–water partition coefficient (Wildman–Crippen LogP) is 4.42. The van der Waals surface area contributed by atoms with Crippen LogP contribution in [0.3, 0.4) is 0 Å². The van der Waals surface area contributed by atoms with E-state index in [4.69, 9.17) is 0 Å². The minimum absolute atomic E-state index is 0.165. The summed E-state index contributed by atoms with van der Waals surface area (Å²) in [5, 5.41) is 0. The van der Waals surface area contributed by atoms with Gasteiger partial charge in [0.15, 0.2) is 12.4 Å². The number of carbonyl (C=O) groups excluding carboxylic acids is 1. The van der Waals surface area contributed by atoms with E-state index in [1.807, 2.05) is 28.5 Å². The molecule has 1 aromatic heterocycles. The van der Waals surface area contributed by atoms with Crippen molar-refractivity contribution in [3.63, 3.8) is 0 Å². The molecule has 1 aliphatic heterocycles. The highest BCUT2D eigenvalue weighted by molar-refractivity contribution is 5.97. The summed E-state index contributed by atoms with van der Waals surface area (Å²) in [6, 6.07) is 12.6. The van der Waals surface area contributed by atoms with Crippen molar-refractivity contribution in [3.8, 4) is 0 Å². The minimum atomic E-state index is -0.204. The van der Waals surface area contributed by atoms with Crippen molar-refractivity contribution in [1.29, 1.82) is 0 Å². The second-order valence-electron chi connectivity index (χ2n) is 7.16. The van der Waals surface area contributed by atoms with Crippen molar-refractivity contribution in [2.75, 3.05) is 4.90 Å². The molecule has 2 aromatic rings. The van der Waals surface area contributed by atoms with Crippen molar-refractivity contribution in [1.82, 2.24) is 0 Å². The third kappa shape index (κ3) is 3.33. The second kappa shape index (κ2) is 7.38. The zero-order chi connectivity index (χ0) is 18.0. The molecule has 3 nitrogen and oxygen atoms in total. The van der Waals surface area contributed by atoms with Gasteiger partial charge in [-0.1, -0.05) is 32.0 Å². The number of carbonyl (C=O) groups is 1. The molecule has 1 aromatic carbocycles. The molecular formula is C22H29N2O+. The predicted molar refractivity (Wildman–Crippen MR) is 102 cm³/mol. The Balaban J connectivity index is 1.81. The number of para-hydroxylation sites is 1. The lowest BCUT2D eigenvalue weighted by molar-refractivity contribution is -0.705. The van der Waals surface area contributed by atoms with Gasteiger partial charge in [0.05, 0.1) is 0 Å². The molecule has 0 saturated carbocycles. The molecular weight excluding hydrogens is 308 g/mol. The average molecular weight is 337 g/mol.